The Bertz CT molecular complexity index is 1510. The molecule has 192 valence electrons. The molecule has 0 saturated carbocycles. The third kappa shape index (κ3) is 5.29. The standard InChI is InChI=1S/C32H26F3NO2/c1-2-15-36-16-13-23(14-17-36)21-3-5-24(6-4-21)30-20-27(31(37)38)19-26-18-25(9-12-29(26)30)22-7-10-28(11-8-22)32(33,34)35/h1,3-12,18-20,23H,13-17H2,(H,37,38). The summed E-state index contributed by atoms with van der Waals surface area (Å²) in [6, 6.07) is 22.1. The first kappa shape index (κ1) is 25.6. The zero-order valence-electron chi connectivity index (χ0n) is 20.6. The van der Waals surface area contributed by atoms with Gasteiger partial charge in [0.25, 0.3) is 0 Å². The average molecular weight is 514 g/mol. The number of piperidine rings is 1. The van der Waals surface area contributed by atoms with E-state index in [1.54, 1.807) is 12.1 Å². The molecule has 5 rings (SSSR count). The number of terminal acetylenes is 1. The van der Waals surface area contributed by atoms with Crippen LogP contribution in [-0.4, -0.2) is 35.6 Å². The molecule has 1 aliphatic heterocycles. The highest BCUT2D eigenvalue weighted by Gasteiger charge is 2.30. The molecule has 6 heteroatoms. The molecule has 0 radical (unpaired) electrons. The number of nitrogens with zero attached hydrogens (tertiary/aromatic N) is 1. The van der Waals surface area contributed by atoms with E-state index >= 15 is 0 Å². The third-order valence-corrected chi connectivity index (χ3v) is 7.34. The molecule has 3 nitrogen and oxygen atoms in total. The van der Waals surface area contributed by atoms with Crippen LogP contribution < -0.4 is 0 Å². The second-order valence-electron chi connectivity index (χ2n) is 9.72. The Morgan fingerprint density at radius 3 is 2.13 bits per heavy atom. The molecule has 0 aliphatic carbocycles. The lowest BCUT2D eigenvalue weighted by Crippen LogP contribution is -2.33. The molecule has 0 spiro atoms. The Balaban J connectivity index is 1.47. The van der Waals surface area contributed by atoms with Crippen LogP contribution in [0.2, 0.25) is 0 Å². The van der Waals surface area contributed by atoms with Crippen molar-refractivity contribution in [2.75, 3.05) is 19.6 Å². The SMILES string of the molecule is C#CCN1CCC(c2ccc(-c3cc(C(=O)O)cc4cc(-c5ccc(C(F)(F)F)cc5)ccc34)cc2)CC1. The van der Waals surface area contributed by atoms with Crippen LogP contribution >= 0.6 is 0 Å². The Morgan fingerprint density at radius 2 is 1.53 bits per heavy atom. The average Bonchev–Trinajstić information content (AvgIpc) is 2.92. The van der Waals surface area contributed by atoms with Crippen LogP contribution in [-0.2, 0) is 6.18 Å². The quantitative estimate of drug-likeness (QED) is 0.278. The summed E-state index contributed by atoms with van der Waals surface area (Å²) in [5.74, 6) is 2.13. The minimum atomic E-state index is -4.40. The van der Waals surface area contributed by atoms with E-state index in [0.29, 0.717) is 29.0 Å². The van der Waals surface area contributed by atoms with Gasteiger partial charge in [0.05, 0.1) is 17.7 Å². The molecule has 0 bridgehead atoms. The van der Waals surface area contributed by atoms with Gasteiger partial charge in [-0.05, 0) is 101 Å². The van der Waals surface area contributed by atoms with Gasteiger partial charge in [-0.1, -0.05) is 54.5 Å². The molecule has 1 fully saturated rings. The van der Waals surface area contributed by atoms with Crippen molar-refractivity contribution in [3.8, 4) is 34.6 Å². The number of likely N-dealkylation sites (tertiary alicyclic amines) is 1. The molecule has 1 N–H and O–H groups in total. The highest BCUT2D eigenvalue weighted by Crippen LogP contribution is 2.36. The molecule has 0 atom stereocenters. The van der Waals surface area contributed by atoms with Crippen LogP contribution in [0.15, 0.2) is 78.9 Å². The number of carbonyl (C=O) groups is 1. The van der Waals surface area contributed by atoms with Gasteiger partial charge in [-0.2, -0.15) is 13.2 Å². The van der Waals surface area contributed by atoms with Gasteiger partial charge in [0, 0.05) is 0 Å². The first-order valence-corrected chi connectivity index (χ1v) is 12.5. The second kappa shape index (κ2) is 10.4. The van der Waals surface area contributed by atoms with Crippen LogP contribution in [0.4, 0.5) is 13.2 Å². The molecule has 1 aliphatic rings. The smallest absolute Gasteiger partial charge is 0.416 e. The van der Waals surface area contributed by atoms with Crippen molar-refractivity contribution in [3.05, 3.63) is 95.6 Å². The van der Waals surface area contributed by atoms with Crippen LogP contribution in [0.3, 0.4) is 0 Å². The summed E-state index contributed by atoms with van der Waals surface area (Å²) >= 11 is 0. The molecular weight excluding hydrogens is 487 g/mol. The van der Waals surface area contributed by atoms with E-state index < -0.39 is 17.7 Å². The maximum absolute atomic E-state index is 13.0. The molecule has 0 amide bonds. The molecule has 0 aromatic heterocycles. The van der Waals surface area contributed by atoms with Crippen molar-refractivity contribution in [2.45, 2.75) is 24.9 Å². The Morgan fingerprint density at radius 1 is 0.895 bits per heavy atom. The lowest BCUT2D eigenvalue weighted by molar-refractivity contribution is -0.137. The van der Waals surface area contributed by atoms with Gasteiger partial charge in [-0.15, -0.1) is 6.42 Å². The fraction of sp³-hybridized carbons (Fsp3) is 0.219. The van der Waals surface area contributed by atoms with E-state index in [0.717, 1.165) is 54.6 Å². The number of benzene rings is 4. The zero-order chi connectivity index (χ0) is 26.9. The van der Waals surface area contributed by atoms with Crippen LogP contribution in [0.5, 0.6) is 0 Å². The van der Waals surface area contributed by atoms with E-state index in [1.165, 1.54) is 17.7 Å². The van der Waals surface area contributed by atoms with Crippen LogP contribution in [0, 0.1) is 12.3 Å². The van der Waals surface area contributed by atoms with E-state index in [9.17, 15) is 23.1 Å². The van der Waals surface area contributed by atoms with E-state index in [4.69, 9.17) is 6.42 Å². The topological polar surface area (TPSA) is 40.5 Å². The van der Waals surface area contributed by atoms with Gasteiger partial charge >= 0.3 is 12.1 Å². The maximum atomic E-state index is 13.0. The van der Waals surface area contributed by atoms with Gasteiger partial charge in [0.2, 0.25) is 0 Å². The Hall–Kier alpha value is -4.08. The van der Waals surface area contributed by atoms with Crippen molar-refractivity contribution in [3.63, 3.8) is 0 Å². The fourth-order valence-electron chi connectivity index (χ4n) is 5.25. The fourth-order valence-corrected chi connectivity index (χ4v) is 5.25. The van der Waals surface area contributed by atoms with Crippen molar-refractivity contribution < 1.29 is 23.1 Å². The predicted octanol–water partition coefficient (Wildman–Crippen LogP) is 7.70. The molecule has 0 unspecified atom stereocenters. The van der Waals surface area contributed by atoms with Crippen molar-refractivity contribution >= 4 is 16.7 Å². The molecule has 1 saturated heterocycles. The highest BCUT2D eigenvalue weighted by molar-refractivity contribution is 6.04. The number of rotatable bonds is 5. The first-order valence-electron chi connectivity index (χ1n) is 12.5. The number of alkyl halides is 3. The number of carboxylic acid groups (broad SMARTS) is 1. The number of hydrogen-bond acceptors (Lipinski definition) is 2. The predicted molar refractivity (Wildman–Crippen MR) is 144 cm³/mol. The number of carboxylic acids is 1. The van der Waals surface area contributed by atoms with Gasteiger partial charge in [0.1, 0.15) is 0 Å². The van der Waals surface area contributed by atoms with Crippen LogP contribution in [0.1, 0.15) is 40.2 Å². The van der Waals surface area contributed by atoms with Crippen molar-refractivity contribution in [1.82, 2.24) is 4.90 Å². The van der Waals surface area contributed by atoms with E-state index in [2.05, 4.69) is 23.0 Å². The van der Waals surface area contributed by atoms with Gasteiger partial charge in [-0.3, -0.25) is 4.90 Å². The summed E-state index contributed by atoms with van der Waals surface area (Å²) in [7, 11) is 0. The van der Waals surface area contributed by atoms with Gasteiger partial charge in [-0.25, -0.2) is 4.79 Å². The van der Waals surface area contributed by atoms with Gasteiger partial charge in [0.15, 0.2) is 0 Å². The van der Waals surface area contributed by atoms with Crippen molar-refractivity contribution in [2.24, 2.45) is 0 Å². The molecule has 4 aromatic carbocycles. The minimum absolute atomic E-state index is 0.155. The maximum Gasteiger partial charge on any atom is 0.416 e. The summed E-state index contributed by atoms with van der Waals surface area (Å²) in [5, 5.41) is 11.3. The second-order valence-corrected chi connectivity index (χ2v) is 9.72. The Kier molecular flexibility index (Phi) is 6.96. The van der Waals surface area contributed by atoms with E-state index in [-0.39, 0.29) is 5.56 Å². The summed E-state index contributed by atoms with van der Waals surface area (Å²) < 4.78 is 38.9. The summed E-state index contributed by atoms with van der Waals surface area (Å²) in [6.45, 7) is 2.63. The van der Waals surface area contributed by atoms with Gasteiger partial charge < -0.3 is 5.11 Å². The largest absolute Gasteiger partial charge is 0.478 e. The number of aromatic carboxylic acids is 1. The normalized spacial score (nSPS) is 14.9. The van der Waals surface area contributed by atoms with Crippen LogP contribution in [0.25, 0.3) is 33.0 Å². The number of fused-ring (bicyclic) bond motifs is 1. The lowest BCUT2D eigenvalue weighted by Gasteiger charge is -2.30. The lowest BCUT2D eigenvalue weighted by atomic mass is 9.87. The minimum Gasteiger partial charge on any atom is -0.478 e. The molecule has 1 heterocycles. The zero-order valence-corrected chi connectivity index (χ0v) is 20.6. The molecule has 4 aromatic rings. The van der Waals surface area contributed by atoms with Crippen molar-refractivity contribution in [1.29, 1.82) is 0 Å². The number of halogens is 3. The number of hydrogen-bond donors (Lipinski definition) is 1. The summed E-state index contributed by atoms with van der Waals surface area (Å²) in [4.78, 5) is 14.2. The summed E-state index contributed by atoms with van der Waals surface area (Å²) in [5.41, 5.74) is 3.76. The first-order chi connectivity index (χ1) is 18.2. The molecular formula is C32H26F3NO2. The Labute approximate surface area is 219 Å². The monoisotopic (exact) mass is 513 g/mol. The molecule has 38 heavy (non-hydrogen) atoms. The highest BCUT2D eigenvalue weighted by atomic mass is 19.4. The van der Waals surface area contributed by atoms with E-state index in [1.807, 2.05) is 30.3 Å². The summed E-state index contributed by atoms with van der Waals surface area (Å²) in [6.07, 6.45) is 3.13. The third-order valence-electron chi connectivity index (χ3n) is 7.34.